The Labute approximate surface area is 131 Å². The van der Waals surface area contributed by atoms with Gasteiger partial charge in [0.25, 0.3) is 0 Å². The maximum atomic E-state index is 12.8. The molecule has 0 aliphatic carbocycles. The van der Waals surface area contributed by atoms with Crippen molar-refractivity contribution in [2.45, 2.75) is 43.0 Å². The molecule has 0 aliphatic rings. The number of benzene rings is 1. The minimum atomic E-state index is -3.68. The minimum absolute atomic E-state index is 0.00699. The van der Waals surface area contributed by atoms with Gasteiger partial charge in [-0.05, 0) is 25.5 Å². The van der Waals surface area contributed by atoms with Gasteiger partial charge in [0.1, 0.15) is 0 Å². The van der Waals surface area contributed by atoms with Crippen molar-refractivity contribution in [2.24, 2.45) is 0 Å². The van der Waals surface area contributed by atoms with Crippen molar-refractivity contribution in [1.82, 2.24) is 4.98 Å². The second kappa shape index (κ2) is 6.52. The van der Waals surface area contributed by atoms with E-state index in [0.29, 0.717) is 12.3 Å². The average molecular weight is 322 g/mol. The Morgan fingerprint density at radius 1 is 1.18 bits per heavy atom. The van der Waals surface area contributed by atoms with E-state index in [4.69, 9.17) is 4.42 Å². The van der Waals surface area contributed by atoms with Crippen molar-refractivity contribution >= 4 is 15.7 Å². The highest BCUT2D eigenvalue weighted by Gasteiger charge is 2.28. The van der Waals surface area contributed by atoms with Gasteiger partial charge in [0.05, 0.1) is 4.90 Å². The Morgan fingerprint density at radius 3 is 2.36 bits per heavy atom. The molecule has 120 valence electrons. The highest BCUT2D eigenvalue weighted by Crippen LogP contribution is 2.30. The van der Waals surface area contributed by atoms with Gasteiger partial charge in [-0.15, -0.1) is 0 Å². The molecule has 1 aromatic carbocycles. The molecule has 0 amide bonds. The summed E-state index contributed by atoms with van der Waals surface area (Å²) in [5, 5.41) is -0.00699. The Kier molecular flexibility index (Phi) is 4.90. The lowest BCUT2D eigenvalue weighted by Gasteiger charge is -2.10. The van der Waals surface area contributed by atoms with E-state index in [-0.39, 0.29) is 15.8 Å². The van der Waals surface area contributed by atoms with Crippen LogP contribution in [0.25, 0.3) is 0 Å². The Hall–Kier alpha value is -1.82. The van der Waals surface area contributed by atoms with Crippen molar-refractivity contribution in [1.29, 1.82) is 0 Å². The molecule has 0 spiro atoms. The van der Waals surface area contributed by atoms with Crippen LogP contribution in [0.1, 0.15) is 31.2 Å². The molecule has 2 aromatic rings. The van der Waals surface area contributed by atoms with E-state index in [1.807, 2.05) is 6.92 Å². The SMILES string of the molecule is CCCCc1nc(S(=O)(=O)c2ccc(C)cc2)c(N(C)C)o1. The number of aryl methyl sites for hydroxylation is 2. The number of unbranched alkanes of at least 4 members (excludes halogenated alkanes) is 1. The molecule has 0 N–H and O–H groups in total. The second-order valence-electron chi connectivity index (χ2n) is 5.53. The summed E-state index contributed by atoms with van der Waals surface area (Å²) in [5.74, 6) is 0.753. The van der Waals surface area contributed by atoms with E-state index in [1.54, 1.807) is 43.3 Å². The standard InChI is InChI=1S/C16H22N2O3S/c1-5-6-7-14-17-15(16(21-14)18(3)4)22(19,20)13-10-8-12(2)9-11-13/h8-11H,5-7H2,1-4H3. The Morgan fingerprint density at radius 2 is 1.82 bits per heavy atom. The highest BCUT2D eigenvalue weighted by atomic mass is 32.2. The lowest BCUT2D eigenvalue weighted by atomic mass is 10.2. The average Bonchev–Trinajstić information content (AvgIpc) is 2.91. The summed E-state index contributed by atoms with van der Waals surface area (Å²) in [5.41, 5.74) is 1.01. The minimum Gasteiger partial charge on any atom is -0.424 e. The normalized spacial score (nSPS) is 11.6. The van der Waals surface area contributed by atoms with Gasteiger partial charge in [-0.25, -0.2) is 8.42 Å². The molecule has 0 fully saturated rings. The summed E-state index contributed by atoms with van der Waals surface area (Å²) in [7, 11) is -0.186. The predicted octanol–water partition coefficient (Wildman–Crippen LogP) is 3.22. The smallest absolute Gasteiger partial charge is 0.235 e. The molecule has 0 bridgehead atoms. The summed E-state index contributed by atoms with van der Waals surface area (Å²) in [6.45, 7) is 3.99. The van der Waals surface area contributed by atoms with E-state index in [1.165, 1.54) is 0 Å². The summed E-state index contributed by atoms with van der Waals surface area (Å²) in [6.07, 6.45) is 2.55. The molecule has 1 aromatic heterocycles. The summed E-state index contributed by atoms with van der Waals surface area (Å²) < 4.78 is 31.3. The second-order valence-corrected chi connectivity index (χ2v) is 7.40. The van der Waals surface area contributed by atoms with Crippen LogP contribution in [-0.2, 0) is 16.3 Å². The molecule has 6 heteroatoms. The predicted molar refractivity (Wildman–Crippen MR) is 86.1 cm³/mol. The van der Waals surface area contributed by atoms with Crippen LogP contribution in [0.4, 0.5) is 5.88 Å². The van der Waals surface area contributed by atoms with Gasteiger partial charge in [-0.2, -0.15) is 4.98 Å². The Bertz CT molecular complexity index is 731. The molecular weight excluding hydrogens is 300 g/mol. The van der Waals surface area contributed by atoms with Crippen LogP contribution in [0.5, 0.6) is 0 Å². The number of anilines is 1. The van der Waals surface area contributed by atoms with Gasteiger partial charge < -0.3 is 9.32 Å². The molecule has 0 radical (unpaired) electrons. The largest absolute Gasteiger partial charge is 0.424 e. The van der Waals surface area contributed by atoms with Crippen molar-refractivity contribution in [3.05, 3.63) is 35.7 Å². The van der Waals surface area contributed by atoms with Crippen LogP contribution in [0, 0.1) is 6.92 Å². The number of hydrogen-bond acceptors (Lipinski definition) is 5. The number of rotatable bonds is 6. The van der Waals surface area contributed by atoms with Crippen LogP contribution >= 0.6 is 0 Å². The quantitative estimate of drug-likeness (QED) is 0.817. The third kappa shape index (κ3) is 3.32. The van der Waals surface area contributed by atoms with Crippen LogP contribution in [0.3, 0.4) is 0 Å². The lowest BCUT2D eigenvalue weighted by molar-refractivity contribution is 0.486. The van der Waals surface area contributed by atoms with Gasteiger partial charge in [-0.3, -0.25) is 0 Å². The zero-order chi connectivity index (χ0) is 16.3. The first kappa shape index (κ1) is 16.5. The first-order chi connectivity index (χ1) is 10.4. The van der Waals surface area contributed by atoms with Crippen LogP contribution in [0.2, 0.25) is 0 Å². The van der Waals surface area contributed by atoms with Crippen LogP contribution < -0.4 is 4.90 Å². The monoisotopic (exact) mass is 322 g/mol. The Balaban J connectivity index is 2.49. The van der Waals surface area contributed by atoms with Gasteiger partial charge in [0.2, 0.25) is 20.7 Å². The van der Waals surface area contributed by atoms with Gasteiger partial charge in [0.15, 0.2) is 5.89 Å². The van der Waals surface area contributed by atoms with Crippen molar-refractivity contribution in [3.8, 4) is 0 Å². The van der Waals surface area contributed by atoms with E-state index in [0.717, 1.165) is 18.4 Å². The maximum Gasteiger partial charge on any atom is 0.235 e. The van der Waals surface area contributed by atoms with Crippen LogP contribution in [-0.4, -0.2) is 27.5 Å². The molecule has 0 unspecified atom stereocenters. The fraction of sp³-hybridized carbons (Fsp3) is 0.438. The van der Waals surface area contributed by atoms with E-state index in [2.05, 4.69) is 11.9 Å². The third-order valence-corrected chi connectivity index (χ3v) is 5.03. The molecule has 2 rings (SSSR count). The molecule has 1 heterocycles. The fourth-order valence-electron chi connectivity index (χ4n) is 2.06. The first-order valence-corrected chi connectivity index (χ1v) is 8.83. The molecule has 0 saturated carbocycles. The number of aromatic nitrogens is 1. The zero-order valence-electron chi connectivity index (χ0n) is 13.5. The number of oxazole rings is 1. The molecule has 0 atom stereocenters. The van der Waals surface area contributed by atoms with Gasteiger partial charge >= 0.3 is 0 Å². The molecule has 0 saturated heterocycles. The van der Waals surface area contributed by atoms with Gasteiger partial charge in [-0.1, -0.05) is 31.0 Å². The van der Waals surface area contributed by atoms with Gasteiger partial charge in [0, 0.05) is 20.5 Å². The number of sulfone groups is 1. The van der Waals surface area contributed by atoms with E-state index < -0.39 is 9.84 Å². The highest BCUT2D eigenvalue weighted by molar-refractivity contribution is 7.91. The summed E-state index contributed by atoms with van der Waals surface area (Å²) in [4.78, 5) is 6.12. The lowest BCUT2D eigenvalue weighted by Crippen LogP contribution is -2.13. The number of hydrogen-bond donors (Lipinski definition) is 0. The van der Waals surface area contributed by atoms with E-state index in [9.17, 15) is 8.42 Å². The summed E-state index contributed by atoms with van der Waals surface area (Å²) >= 11 is 0. The molecular formula is C16H22N2O3S. The molecule has 0 aliphatic heterocycles. The molecule has 5 nitrogen and oxygen atoms in total. The van der Waals surface area contributed by atoms with Crippen molar-refractivity contribution in [2.75, 3.05) is 19.0 Å². The summed E-state index contributed by atoms with van der Waals surface area (Å²) in [6, 6.07) is 6.76. The number of nitrogens with zero attached hydrogens (tertiary/aromatic N) is 2. The third-order valence-electron chi connectivity index (χ3n) is 3.36. The van der Waals surface area contributed by atoms with E-state index >= 15 is 0 Å². The maximum absolute atomic E-state index is 12.8. The van der Waals surface area contributed by atoms with Crippen LogP contribution in [0.15, 0.2) is 38.6 Å². The molecule has 22 heavy (non-hydrogen) atoms. The zero-order valence-corrected chi connectivity index (χ0v) is 14.3. The topological polar surface area (TPSA) is 63.4 Å². The van der Waals surface area contributed by atoms with Crippen molar-refractivity contribution in [3.63, 3.8) is 0 Å². The fourth-order valence-corrected chi connectivity index (χ4v) is 3.45. The first-order valence-electron chi connectivity index (χ1n) is 7.35. The van der Waals surface area contributed by atoms with Crippen molar-refractivity contribution < 1.29 is 12.8 Å².